The van der Waals surface area contributed by atoms with E-state index < -0.39 is 48.3 Å². The number of ether oxygens (including phenoxy) is 4. The third-order valence-corrected chi connectivity index (χ3v) is 14.6. The summed E-state index contributed by atoms with van der Waals surface area (Å²) in [5.41, 5.74) is 0.902. The number of allylic oxidation sites excluding steroid dienone is 2. The van der Waals surface area contributed by atoms with Gasteiger partial charge in [0, 0.05) is 23.9 Å². The molecule has 0 aromatic rings. The minimum atomic E-state index is -1.46. The van der Waals surface area contributed by atoms with E-state index in [1.165, 1.54) is 31.3 Å². The van der Waals surface area contributed by atoms with Crippen LogP contribution in [0.15, 0.2) is 23.8 Å². The molecule has 0 radical (unpaired) electrons. The molecular weight excluding hydrogens is 572 g/mol. The molecule has 6 rings (SSSR count). The first kappa shape index (κ1) is 34.0. The lowest BCUT2D eigenvalue weighted by molar-refractivity contribution is -0.329. The fourth-order valence-electron chi connectivity index (χ4n) is 11.9. The second-order valence-electron chi connectivity index (χ2n) is 17.0. The van der Waals surface area contributed by atoms with Crippen LogP contribution in [0.2, 0.25) is 0 Å². The average Bonchev–Trinajstić information content (AvgIpc) is 3.39. The van der Waals surface area contributed by atoms with Crippen LogP contribution in [0, 0.1) is 45.3 Å². The van der Waals surface area contributed by atoms with Gasteiger partial charge in [-0.15, -0.1) is 0 Å². The summed E-state index contributed by atoms with van der Waals surface area (Å²) in [6.07, 6.45) is 8.34. The summed E-state index contributed by atoms with van der Waals surface area (Å²) in [5, 5.41) is 41.1. The van der Waals surface area contributed by atoms with Crippen LogP contribution < -0.4 is 0 Å². The fraction of sp³-hybridized carbons (Fsp3) is 0.892. The van der Waals surface area contributed by atoms with E-state index in [1.54, 1.807) is 0 Å². The van der Waals surface area contributed by atoms with Crippen LogP contribution in [0.5, 0.6) is 0 Å². The first-order valence-electron chi connectivity index (χ1n) is 17.6. The van der Waals surface area contributed by atoms with Crippen molar-refractivity contribution in [2.75, 3.05) is 20.3 Å². The molecule has 4 aliphatic carbocycles. The monoisotopic (exact) mass is 632 g/mol. The van der Waals surface area contributed by atoms with E-state index in [0.717, 1.165) is 25.9 Å². The number of aliphatic hydroxyl groups excluding tert-OH is 4. The number of hydrogen-bond acceptors (Lipinski definition) is 8. The number of rotatable bonds is 8. The van der Waals surface area contributed by atoms with Crippen molar-refractivity contribution in [3.05, 3.63) is 23.8 Å². The normalized spacial score (nSPS) is 51.2. The summed E-state index contributed by atoms with van der Waals surface area (Å²) < 4.78 is 25.2. The predicted molar refractivity (Wildman–Crippen MR) is 171 cm³/mol. The molecule has 0 aromatic heterocycles. The summed E-state index contributed by atoms with van der Waals surface area (Å²) in [6, 6.07) is 0. The molecule has 0 amide bonds. The van der Waals surface area contributed by atoms with Gasteiger partial charge in [-0.05, 0) is 87.4 Å². The molecule has 1 spiro atoms. The van der Waals surface area contributed by atoms with Gasteiger partial charge < -0.3 is 39.4 Å². The molecule has 8 heteroatoms. The Morgan fingerprint density at radius 2 is 1.71 bits per heavy atom. The molecule has 8 nitrogen and oxygen atoms in total. The molecule has 256 valence electrons. The topological polar surface area (TPSA) is 118 Å². The Morgan fingerprint density at radius 1 is 0.978 bits per heavy atom. The summed E-state index contributed by atoms with van der Waals surface area (Å²) in [5.74, 6) is 2.06. The molecule has 4 N–H and O–H groups in total. The Labute approximate surface area is 270 Å². The Balaban J connectivity index is 1.25. The molecule has 2 heterocycles. The van der Waals surface area contributed by atoms with Crippen molar-refractivity contribution in [1.29, 1.82) is 0 Å². The van der Waals surface area contributed by atoms with E-state index in [4.69, 9.17) is 18.9 Å². The van der Waals surface area contributed by atoms with Crippen LogP contribution >= 0.6 is 0 Å². The number of methoxy groups -OCH3 is 1. The molecular formula is C37H60O8. The summed E-state index contributed by atoms with van der Waals surface area (Å²) in [7, 11) is 1.84. The van der Waals surface area contributed by atoms with Gasteiger partial charge in [0.2, 0.25) is 0 Å². The average molecular weight is 633 g/mol. The Hall–Kier alpha value is -0.840. The van der Waals surface area contributed by atoms with Gasteiger partial charge in [0.05, 0.1) is 31.0 Å². The highest BCUT2D eigenvalue weighted by Gasteiger charge is 2.75. The highest BCUT2D eigenvalue weighted by molar-refractivity contribution is 5.33. The SMILES string of the molecule is COC(C=C(C)C)C[C@@H](C)[C@H]1CC[C@@]2(C)[C@@H]3C=C[C@@]45OC[C@]3(CC[C@]12C)[C@@H]4CC[C@H](O[C@@H]1O[C@H](CO)[C@@H](O)[C@H](O)[C@H]1O)C5(C)C. The van der Waals surface area contributed by atoms with Crippen LogP contribution in [0.3, 0.4) is 0 Å². The van der Waals surface area contributed by atoms with Gasteiger partial charge in [0.1, 0.15) is 24.4 Å². The first-order chi connectivity index (χ1) is 21.1. The van der Waals surface area contributed by atoms with Crippen LogP contribution in [0.25, 0.3) is 0 Å². The largest absolute Gasteiger partial charge is 0.394 e. The fourth-order valence-corrected chi connectivity index (χ4v) is 11.9. The van der Waals surface area contributed by atoms with Crippen LogP contribution in [0.4, 0.5) is 0 Å². The van der Waals surface area contributed by atoms with Gasteiger partial charge in [-0.3, -0.25) is 0 Å². The number of fused-ring (bicyclic) bond motifs is 2. The van der Waals surface area contributed by atoms with Crippen molar-refractivity contribution in [1.82, 2.24) is 0 Å². The minimum absolute atomic E-state index is 0.0869. The van der Waals surface area contributed by atoms with Crippen molar-refractivity contribution in [2.24, 2.45) is 45.3 Å². The van der Waals surface area contributed by atoms with Gasteiger partial charge >= 0.3 is 0 Å². The van der Waals surface area contributed by atoms with E-state index in [1.807, 2.05) is 7.11 Å². The van der Waals surface area contributed by atoms with Crippen molar-refractivity contribution in [3.8, 4) is 0 Å². The Morgan fingerprint density at radius 3 is 2.38 bits per heavy atom. The quantitative estimate of drug-likeness (QED) is 0.283. The van der Waals surface area contributed by atoms with Gasteiger partial charge in [0.25, 0.3) is 0 Å². The van der Waals surface area contributed by atoms with Crippen LogP contribution in [-0.4, -0.2) is 89.3 Å². The molecule has 2 saturated heterocycles. The van der Waals surface area contributed by atoms with E-state index in [0.29, 0.717) is 23.7 Å². The number of hydrogen-bond donors (Lipinski definition) is 4. The van der Waals surface area contributed by atoms with Crippen molar-refractivity contribution >= 4 is 0 Å². The predicted octanol–water partition coefficient (Wildman–Crippen LogP) is 4.77. The zero-order valence-electron chi connectivity index (χ0n) is 28.9. The molecule has 15 atom stereocenters. The van der Waals surface area contributed by atoms with Crippen molar-refractivity contribution in [3.63, 3.8) is 0 Å². The minimum Gasteiger partial charge on any atom is -0.394 e. The standard InChI is InChI=1S/C37H60O8/c1-21(2)17-23(42-8)18-22(3)24-11-13-35(7)26-12-14-37-27(36(26,20-43-37)16-15-34(24,35)6)9-10-28(33(37,4)5)45-32-31(41)30(40)29(39)25(19-38)44-32/h12,14,17,22-32,38-41H,9-11,13,15-16,18-20H2,1-8H3/t22-,23?,24-,25-,26+,27+,28+,29-,30+,31-,32+,34-,35+,36+,37-/m1/s1. The second kappa shape index (κ2) is 11.6. The molecule has 0 aromatic carbocycles. The highest BCUT2D eigenvalue weighted by atomic mass is 16.7. The van der Waals surface area contributed by atoms with Crippen molar-refractivity contribution < 1.29 is 39.4 Å². The summed E-state index contributed by atoms with van der Waals surface area (Å²) in [4.78, 5) is 0. The maximum atomic E-state index is 10.7. The summed E-state index contributed by atoms with van der Waals surface area (Å²) in [6.45, 7) is 16.6. The molecule has 2 bridgehead atoms. The molecule has 1 unspecified atom stereocenters. The lowest BCUT2D eigenvalue weighted by atomic mass is 9.38. The molecule has 3 saturated carbocycles. The third-order valence-electron chi connectivity index (χ3n) is 14.6. The Kier molecular flexibility index (Phi) is 8.81. The van der Waals surface area contributed by atoms with Crippen LogP contribution in [-0.2, 0) is 18.9 Å². The first-order valence-corrected chi connectivity index (χ1v) is 17.6. The Bertz CT molecular complexity index is 1160. The second-order valence-corrected chi connectivity index (χ2v) is 17.0. The molecule has 5 fully saturated rings. The molecule has 6 aliphatic rings. The van der Waals surface area contributed by atoms with E-state index >= 15 is 0 Å². The van der Waals surface area contributed by atoms with E-state index in [2.05, 4.69) is 66.7 Å². The zero-order valence-corrected chi connectivity index (χ0v) is 28.9. The van der Waals surface area contributed by atoms with Gasteiger partial charge in [0.15, 0.2) is 6.29 Å². The maximum absolute atomic E-state index is 10.7. The van der Waals surface area contributed by atoms with Gasteiger partial charge in [-0.2, -0.15) is 0 Å². The summed E-state index contributed by atoms with van der Waals surface area (Å²) >= 11 is 0. The highest BCUT2D eigenvalue weighted by Crippen LogP contribution is 2.77. The van der Waals surface area contributed by atoms with Gasteiger partial charge in [-0.1, -0.05) is 58.4 Å². The van der Waals surface area contributed by atoms with Crippen LogP contribution in [0.1, 0.15) is 93.4 Å². The van der Waals surface area contributed by atoms with Crippen molar-refractivity contribution in [2.45, 2.75) is 142 Å². The molecule has 2 aliphatic heterocycles. The lowest BCUT2D eigenvalue weighted by Crippen LogP contribution is -2.66. The lowest BCUT2D eigenvalue weighted by Gasteiger charge is -2.65. The zero-order chi connectivity index (χ0) is 32.7. The molecule has 45 heavy (non-hydrogen) atoms. The van der Waals surface area contributed by atoms with E-state index in [-0.39, 0.29) is 28.5 Å². The van der Waals surface area contributed by atoms with E-state index in [9.17, 15) is 20.4 Å². The maximum Gasteiger partial charge on any atom is 0.186 e. The number of aliphatic hydroxyl groups is 4. The van der Waals surface area contributed by atoms with Gasteiger partial charge in [-0.25, -0.2) is 0 Å². The third kappa shape index (κ3) is 4.74. The smallest absolute Gasteiger partial charge is 0.186 e.